The van der Waals surface area contributed by atoms with E-state index in [0.29, 0.717) is 36.8 Å². The van der Waals surface area contributed by atoms with Crippen molar-refractivity contribution in [1.29, 1.82) is 0 Å². The predicted molar refractivity (Wildman–Crippen MR) is 254 cm³/mol. The minimum atomic E-state index is -1.02. The molecule has 1 amide bonds. The van der Waals surface area contributed by atoms with Crippen molar-refractivity contribution >= 4 is 29.7 Å². The fourth-order valence-corrected chi connectivity index (χ4v) is 10.6. The first-order chi connectivity index (χ1) is 29.4. The highest BCUT2D eigenvalue weighted by molar-refractivity contribution is 5.91. The second-order valence-corrected chi connectivity index (χ2v) is 21.2. The van der Waals surface area contributed by atoms with Crippen LogP contribution in [0.4, 0.5) is 17.8 Å². The van der Waals surface area contributed by atoms with Crippen LogP contribution in [-0.2, 0) is 19.3 Å². The first-order valence-corrected chi connectivity index (χ1v) is 25.0. The molecule has 2 aliphatic rings. The van der Waals surface area contributed by atoms with E-state index in [-0.39, 0.29) is 40.9 Å². The van der Waals surface area contributed by atoms with Crippen LogP contribution in [0.5, 0.6) is 0 Å². The third-order valence-electron chi connectivity index (χ3n) is 12.9. The Morgan fingerprint density at radius 1 is 0.548 bits per heavy atom. The minimum Gasteiger partial charge on any atom is -0.481 e. The van der Waals surface area contributed by atoms with Crippen molar-refractivity contribution in [3.05, 3.63) is 0 Å². The van der Waals surface area contributed by atoms with Gasteiger partial charge in [-0.25, -0.2) is 0 Å². The summed E-state index contributed by atoms with van der Waals surface area (Å²) >= 11 is 0. The fourth-order valence-electron chi connectivity index (χ4n) is 10.6. The predicted octanol–water partition coefficient (Wildman–Crippen LogP) is 12.0. The fraction of sp³-hybridized carbons (Fsp3) is 0.898. The summed E-state index contributed by atoms with van der Waals surface area (Å²) in [5.41, 5.74) is -0.111. The average Bonchev–Trinajstić information content (AvgIpc) is 3.17. The number of rotatable bonds is 32. The number of carbonyl (C=O) groups excluding carboxylic acids is 1. The smallest absolute Gasteiger partial charge is 0.303 e. The van der Waals surface area contributed by atoms with Gasteiger partial charge in [0.25, 0.3) is 0 Å². The normalized spacial score (nSPS) is 19.1. The summed E-state index contributed by atoms with van der Waals surface area (Å²) < 4.78 is 0. The molecule has 0 spiro atoms. The number of carboxylic acid groups (broad SMARTS) is 1. The lowest BCUT2D eigenvalue weighted by Crippen LogP contribution is -2.60. The summed E-state index contributed by atoms with van der Waals surface area (Å²) in [5, 5.41) is 23.1. The number of hydrogen-bond donors (Lipinski definition) is 4. The van der Waals surface area contributed by atoms with Gasteiger partial charge in [-0.3, -0.25) is 24.6 Å². The zero-order chi connectivity index (χ0) is 45.7. The maximum absolute atomic E-state index is 12.5. The molecule has 2 fully saturated rings. The third-order valence-corrected chi connectivity index (χ3v) is 12.9. The van der Waals surface area contributed by atoms with Crippen LogP contribution in [-0.4, -0.2) is 90.5 Å². The van der Waals surface area contributed by atoms with Gasteiger partial charge >= 0.3 is 5.97 Å². The Balaban J connectivity index is 1.47. The highest BCUT2D eigenvalue weighted by Gasteiger charge is 2.47. The minimum absolute atomic E-state index is 0.0278. The van der Waals surface area contributed by atoms with E-state index in [1.807, 2.05) is 0 Å². The number of amides is 1. The van der Waals surface area contributed by atoms with Crippen LogP contribution in [0.2, 0.25) is 0 Å². The van der Waals surface area contributed by atoms with E-state index in [4.69, 9.17) is 14.8 Å². The summed E-state index contributed by atoms with van der Waals surface area (Å²) in [4.78, 5) is 50.2. The third kappa shape index (κ3) is 19.6. The largest absolute Gasteiger partial charge is 0.481 e. The van der Waals surface area contributed by atoms with Gasteiger partial charge in [-0.05, 0) is 119 Å². The van der Waals surface area contributed by atoms with Crippen LogP contribution in [0, 0.1) is 11.8 Å². The number of nitrogens with one attached hydrogen (secondary N) is 3. The number of anilines is 3. The van der Waals surface area contributed by atoms with E-state index < -0.39 is 11.9 Å². The van der Waals surface area contributed by atoms with Crippen molar-refractivity contribution in [3.63, 3.8) is 0 Å². The van der Waals surface area contributed by atoms with Crippen molar-refractivity contribution in [2.75, 3.05) is 42.3 Å². The van der Waals surface area contributed by atoms with Crippen LogP contribution >= 0.6 is 0 Å². The topological polar surface area (TPSA) is 154 Å². The van der Waals surface area contributed by atoms with Gasteiger partial charge in [0, 0.05) is 41.7 Å². The number of aromatic nitrogens is 3. The first-order valence-electron chi connectivity index (χ1n) is 25.0. The molecule has 2 saturated heterocycles. The van der Waals surface area contributed by atoms with Crippen LogP contribution in [0.15, 0.2) is 0 Å². The van der Waals surface area contributed by atoms with Crippen molar-refractivity contribution in [2.45, 2.75) is 245 Å². The Bertz CT molecular complexity index is 1320. The van der Waals surface area contributed by atoms with E-state index in [1.165, 1.54) is 64.2 Å². The Labute approximate surface area is 377 Å². The van der Waals surface area contributed by atoms with E-state index in [2.05, 4.69) is 110 Å². The lowest BCUT2D eigenvalue weighted by Gasteiger charge is -2.54. The highest BCUT2D eigenvalue weighted by Crippen LogP contribution is 2.44. The summed E-state index contributed by atoms with van der Waals surface area (Å²) in [6.07, 6.45) is 25.6. The molecule has 0 saturated carbocycles. The molecule has 2 aliphatic heterocycles. The van der Waals surface area contributed by atoms with Gasteiger partial charge < -0.3 is 15.7 Å². The number of aliphatic carboxylic acids is 1. The van der Waals surface area contributed by atoms with Gasteiger partial charge in [0.1, 0.15) is 0 Å². The van der Waals surface area contributed by atoms with Crippen molar-refractivity contribution in [1.82, 2.24) is 25.1 Å². The number of nitrogens with zero attached hydrogens (tertiary/aromatic N) is 5. The van der Waals surface area contributed by atoms with Gasteiger partial charge in [0.05, 0.1) is 19.6 Å². The number of hydrogen-bond acceptors (Lipinski definition) is 11. The monoisotopic (exact) mass is 873 g/mol. The molecule has 0 radical (unpaired) electrons. The number of hydroxylamine groups is 4. The molecule has 0 aromatic carbocycles. The molecule has 0 aliphatic carbocycles. The second kappa shape index (κ2) is 27.0. The van der Waals surface area contributed by atoms with E-state index in [1.54, 1.807) is 0 Å². The lowest BCUT2D eigenvalue weighted by molar-refractivity contribution is -0.288. The van der Waals surface area contributed by atoms with E-state index >= 15 is 0 Å². The molecule has 3 rings (SSSR count). The molecular weight excluding hydrogens is 781 g/mol. The molecule has 358 valence electrons. The van der Waals surface area contributed by atoms with Crippen LogP contribution < -0.4 is 16.0 Å². The molecule has 1 aromatic heterocycles. The molecule has 3 heterocycles. The molecule has 13 nitrogen and oxygen atoms in total. The summed E-state index contributed by atoms with van der Waals surface area (Å²) in [7, 11) is 0. The standard InChI is InChI=1S/C49H92N8O5/c1-11-13-15-17-19-25-33-61-56-46(3,4)35-39(36-47(56,5)6)27-21-23-31-50-43-53-44(55-45(54-43)52-41(58)29-30-42(59)60)51-32-24-22-28-40-37-48(7,8)57(49(9,10)38-40)62-34-26-20-18-16-14-12-2/h39-40H,11-38H2,1-10H3,(H,59,60)(H3,50,51,52,53,54,55,58). The zero-order valence-electron chi connectivity index (χ0n) is 41.3. The molecule has 62 heavy (non-hydrogen) atoms. The number of carboxylic acids is 1. The van der Waals surface area contributed by atoms with Crippen LogP contribution in [0.3, 0.4) is 0 Å². The Morgan fingerprint density at radius 3 is 1.31 bits per heavy atom. The number of carbonyl (C=O) groups is 2. The molecule has 13 heteroatoms. The molecule has 4 N–H and O–H groups in total. The van der Waals surface area contributed by atoms with Gasteiger partial charge in [-0.1, -0.05) is 104 Å². The van der Waals surface area contributed by atoms with Gasteiger partial charge in [0.15, 0.2) is 0 Å². The van der Waals surface area contributed by atoms with Crippen molar-refractivity contribution in [2.24, 2.45) is 11.8 Å². The maximum atomic E-state index is 12.5. The second-order valence-electron chi connectivity index (χ2n) is 21.2. The lowest BCUT2D eigenvalue weighted by atomic mass is 9.73. The first kappa shape index (κ1) is 53.7. The van der Waals surface area contributed by atoms with Crippen molar-refractivity contribution < 1.29 is 24.4 Å². The van der Waals surface area contributed by atoms with E-state index in [9.17, 15) is 9.59 Å². The molecule has 0 bridgehead atoms. The van der Waals surface area contributed by atoms with Crippen LogP contribution in [0.1, 0.15) is 223 Å². The highest BCUT2D eigenvalue weighted by atomic mass is 16.7. The Morgan fingerprint density at radius 2 is 0.919 bits per heavy atom. The Hall–Kier alpha value is -2.61. The van der Waals surface area contributed by atoms with Crippen molar-refractivity contribution in [3.8, 4) is 0 Å². The summed E-state index contributed by atoms with van der Waals surface area (Å²) in [5.74, 6) is 0.677. The summed E-state index contributed by atoms with van der Waals surface area (Å²) in [6, 6.07) is 0. The quantitative estimate of drug-likeness (QED) is 0.0509. The maximum Gasteiger partial charge on any atom is 0.303 e. The van der Waals surface area contributed by atoms with E-state index in [0.717, 1.165) is 90.3 Å². The zero-order valence-corrected chi connectivity index (χ0v) is 41.3. The number of piperidine rings is 2. The summed E-state index contributed by atoms with van der Waals surface area (Å²) in [6.45, 7) is 26.1. The molecular formula is C49H92N8O5. The number of unbranched alkanes of at least 4 members (excludes halogenated alkanes) is 12. The molecule has 1 aromatic rings. The van der Waals surface area contributed by atoms with Crippen LogP contribution in [0.25, 0.3) is 0 Å². The van der Waals surface area contributed by atoms with Gasteiger partial charge in [-0.15, -0.1) is 0 Å². The SMILES string of the molecule is CCCCCCCCON1C(C)(C)CC(CCCCNc2nc(NCCCCC3CC(C)(C)N(OCCCCCCCC)C(C)(C)C3)nc(NC(=O)CCC(=O)O)n2)CC1(C)C. The Kier molecular flexibility index (Phi) is 23.4. The molecule has 0 atom stereocenters. The average molecular weight is 873 g/mol. The molecule has 0 unspecified atom stereocenters. The van der Waals surface area contributed by atoms with Gasteiger partial charge in [0.2, 0.25) is 23.8 Å². The van der Waals surface area contributed by atoms with Gasteiger partial charge in [-0.2, -0.15) is 25.1 Å².